The van der Waals surface area contributed by atoms with Crippen molar-refractivity contribution in [1.29, 1.82) is 0 Å². The number of rotatable bonds is 9. The summed E-state index contributed by atoms with van der Waals surface area (Å²) in [5.41, 5.74) is 3.13. The molecule has 0 saturated carbocycles. The third-order valence-electron chi connectivity index (χ3n) is 5.28. The molecule has 2 N–H and O–H groups in total. The Morgan fingerprint density at radius 3 is 2.30 bits per heavy atom. The van der Waals surface area contributed by atoms with Crippen molar-refractivity contribution in [3.8, 4) is 28.7 Å². The zero-order valence-corrected chi connectivity index (χ0v) is 22.4. The van der Waals surface area contributed by atoms with Gasteiger partial charge in [0.1, 0.15) is 17.6 Å². The number of halogens is 1. The number of hydrogen-bond donors (Lipinski definition) is 2. The quantitative estimate of drug-likeness (QED) is 0.268. The summed E-state index contributed by atoms with van der Waals surface area (Å²) in [6, 6.07) is 7.94. The number of guanidine groups is 1. The summed E-state index contributed by atoms with van der Waals surface area (Å²) in [5.74, 6) is 4.25. The number of ether oxygens (including phenoxy) is 5. The van der Waals surface area contributed by atoms with Crippen molar-refractivity contribution < 1.29 is 23.7 Å². The highest BCUT2D eigenvalue weighted by Crippen LogP contribution is 2.39. The summed E-state index contributed by atoms with van der Waals surface area (Å²) in [7, 11) is 6.54. The lowest BCUT2D eigenvalue weighted by Crippen LogP contribution is -2.36. The minimum absolute atomic E-state index is 0. The summed E-state index contributed by atoms with van der Waals surface area (Å²) in [5, 5.41) is 6.67. The molecule has 1 aliphatic heterocycles. The van der Waals surface area contributed by atoms with Crippen LogP contribution in [0.1, 0.15) is 30.5 Å². The maximum absolute atomic E-state index is 5.92. The molecule has 0 fully saturated rings. The van der Waals surface area contributed by atoms with Crippen molar-refractivity contribution in [2.75, 3.05) is 35.0 Å². The lowest BCUT2D eigenvalue weighted by Gasteiger charge is -2.18. The molecule has 0 saturated heterocycles. The first-order chi connectivity index (χ1) is 15.5. The zero-order valence-electron chi connectivity index (χ0n) is 20.1. The maximum Gasteiger partial charge on any atom is 0.203 e. The van der Waals surface area contributed by atoms with Gasteiger partial charge >= 0.3 is 0 Å². The van der Waals surface area contributed by atoms with E-state index in [9.17, 15) is 0 Å². The van der Waals surface area contributed by atoms with Gasteiger partial charge in [-0.15, -0.1) is 24.0 Å². The molecule has 1 aliphatic rings. The molecule has 8 nitrogen and oxygen atoms in total. The van der Waals surface area contributed by atoms with Crippen LogP contribution in [-0.4, -0.2) is 47.0 Å². The van der Waals surface area contributed by atoms with Crippen LogP contribution in [0.4, 0.5) is 0 Å². The van der Waals surface area contributed by atoms with Crippen molar-refractivity contribution in [2.45, 2.75) is 39.5 Å². The van der Waals surface area contributed by atoms with Gasteiger partial charge in [-0.05, 0) is 38.1 Å². The first-order valence-electron chi connectivity index (χ1n) is 10.7. The molecule has 1 atom stereocenters. The standard InChI is InChI=1S/C24H33N3O5.HI/c1-7-31-20-11-17-10-15(2)32-21(17)12-18(20)14-27-24(25-3)26-13-16-8-9-19(28-4)23(30-6)22(16)29-5;/h8-9,11-12,15H,7,10,13-14H2,1-6H3,(H2,25,26,27);1H. The molecule has 0 radical (unpaired) electrons. The molecule has 0 bridgehead atoms. The highest BCUT2D eigenvalue weighted by atomic mass is 127. The van der Waals surface area contributed by atoms with Crippen LogP contribution in [0.3, 0.4) is 0 Å². The van der Waals surface area contributed by atoms with E-state index in [0.29, 0.717) is 42.9 Å². The number of fused-ring (bicyclic) bond motifs is 1. The summed E-state index contributed by atoms with van der Waals surface area (Å²) >= 11 is 0. The monoisotopic (exact) mass is 571 g/mol. The van der Waals surface area contributed by atoms with Gasteiger partial charge in [0, 0.05) is 43.2 Å². The Morgan fingerprint density at radius 2 is 1.70 bits per heavy atom. The zero-order chi connectivity index (χ0) is 23.1. The number of nitrogens with one attached hydrogen (secondary N) is 2. The Hall–Kier alpha value is -2.56. The van der Waals surface area contributed by atoms with E-state index in [1.807, 2.05) is 19.1 Å². The summed E-state index contributed by atoms with van der Waals surface area (Å²) < 4.78 is 28.2. The van der Waals surface area contributed by atoms with Crippen LogP contribution in [-0.2, 0) is 19.5 Å². The van der Waals surface area contributed by atoms with E-state index in [2.05, 4.69) is 34.7 Å². The second kappa shape index (κ2) is 12.6. The van der Waals surface area contributed by atoms with Crippen LogP contribution in [0.2, 0.25) is 0 Å². The van der Waals surface area contributed by atoms with Gasteiger partial charge in [0.15, 0.2) is 17.5 Å². The second-order valence-electron chi connectivity index (χ2n) is 7.41. The smallest absolute Gasteiger partial charge is 0.203 e. The second-order valence-corrected chi connectivity index (χ2v) is 7.41. The van der Waals surface area contributed by atoms with Gasteiger partial charge in [-0.3, -0.25) is 4.99 Å². The number of nitrogens with zero attached hydrogens (tertiary/aromatic N) is 1. The van der Waals surface area contributed by atoms with Crippen molar-refractivity contribution in [3.63, 3.8) is 0 Å². The van der Waals surface area contributed by atoms with Crippen molar-refractivity contribution in [3.05, 3.63) is 41.0 Å². The molecule has 1 heterocycles. The Kier molecular flexibility index (Phi) is 10.2. The molecule has 3 rings (SSSR count). The lowest BCUT2D eigenvalue weighted by molar-refractivity contribution is 0.254. The molecular weight excluding hydrogens is 537 g/mol. The Labute approximate surface area is 213 Å². The van der Waals surface area contributed by atoms with Crippen molar-refractivity contribution in [2.24, 2.45) is 4.99 Å². The minimum atomic E-state index is 0. The topological polar surface area (TPSA) is 82.6 Å². The third kappa shape index (κ3) is 6.27. The van der Waals surface area contributed by atoms with Gasteiger partial charge in [0.2, 0.25) is 5.75 Å². The first-order valence-corrected chi connectivity index (χ1v) is 10.7. The SMILES string of the molecule is CCOc1cc2c(cc1CNC(=NC)NCc1ccc(OC)c(OC)c1OC)OC(C)C2.I. The predicted molar refractivity (Wildman–Crippen MR) is 140 cm³/mol. The first kappa shape index (κ1) is 26.7. The lowest BCUT2D eigenvalue weighted by atomic mass is 10.1. The van der Waals surface area contributed by atoms with Crippen LogP contribution in [0.25, 0.3) is 0 Å². The Bertz CT molecular complexity index is 968. The molecular formula is C24H34IN3O5. The number of hydrogen-bond acceptors (Lipinski definition) is 6. The van der Waals surface area contributed by atoms with Crippen LogP contribution in [0, 0.1) is 0 Å². The number of benzene rings is 2. The van der Waals surface area contributed by atoms with Crippen molar-refractivity contribution in [1.82, 2.24) is 10.6 Å². The van der Waals surface area contributed by atoms with E-state index in [4.69, 9.17) is 23.7 Å². The molecule has 0 aliphatic carbocycles. The molecule has 0 amide bonds. The Morgan fingerprint density at radius 1 is 1.00 bits per heavy atom. The average Bonchev–Trinajstić information content (AvgIpc) is 3.17. The van der Waals surface area contributed by atoms with Gasteiger partial charge in [-0.2, -0.15) is 0 Å². The number of methoxy groups -OCH3 is 3. The van der Waals surface area contributed by atoms with Gasteiger partial charge < -0.3 is 34.3 Å². The fourth-order valence-corrected chi connectivity index (χ4v) is 3.79. The van der Waals surface area contributed by atoms with Crippen LogP contribution < -0.4 is 34.3 Å². The minimum Gasteiger partial charge on any atom is -0.494 e. The molecule has 2 aromatic carbocycles. The largest absolute Gasteiger partial charge is 0.494 e. The Balaban J connectivity index is 0.00000385. The normalized spacial score (nSPS) is 14.5. The third-order valence-corrected chi connectivity index (χ3v) is 5.28. The highest BCUT2D eigenvalue weighted by Gasteiger charge is 2.22. The van der Waals surface area contributed by atoms with Gasteiger partial charge in [-0.25, -0.2) is 0 Å². The predicted octanol–water partition coefficient (Wildman–Crippen LogP) is 3.92. The van der Waals surface area contributed by atoms with E-state index < -0.39 is 0 Å². The van der Waals surface area contributed by atoms with Gasteiger partial charge in [0.05, 0.1) is 27.9 Å². The fourth-order valence-electron chi connectivity index (χ4n) is 3.79. The van der Waals surface area contributed by atoms with Gasteiger partial charge in [-0.1, -0.05) is 0 Å². The molecule has 1 unspecified atom stereocenters. The van der Waals surface area contributed by atoms with E-state index in [0.717, 1.165) is 29.0 Å². The van der Waals surface area contributed by atoms with E-state index in [1.54, 1.807) is 28.4 Å². The molecule has 2 aromatic rings. The number of aliphatic imine (C=N–C) groups is 1. The molecule has 9 heteroatoms. The van der Waals surface area contributed by atoms with E-state index >= 15 is 0 Å². The highest BCUT2D eigenvalue weighted by molar-refractivity contribution is 14.0. The molecule has 0 spiro atoms. The summed E-state index contributed by atoms with van der Waals surface area (Å²) in [6.07, 6.45) is 1.09. The fraction of sp³-hybridized carbons (Fsp3) is 0.458. The van der Waals surface area contributed by atoms with Crippen molar-refractivity contribution >= 4 is 29.9 Å². The summed E-state index contributed by atoms with van der Waals surface area (Å²) in [6.45, 7) is 5.71. The molecule has 0 aromatic heterocycles. The van der Waals surface area contributed by atoms with Crippen LogP contribution >= 0.6 is 24.0 Å². The van der Waals surface area contributed by atoms with E-state index in [1.165, 1.54) is 5.56 Å². The average molecular weight is 571 g/mol. The molecule has 182 valence electrons. The van der Waals surface area contributed by atoms with Gasteiger partial charge in [0.25, 0.3) is 0 Å². The van der Waals surface area contributed by atoms with Crippen LogP contribution in [0.5, 0.6) is 28.7 Å². The molecule has 33 heavy (non-hydrogen) atoms. The maximum atomic E-state index is 5.92. The summed E-state index contributed by atoms with van der Waals surface area (Å²) in [4.78, 5) is 4.34. The van der Waals surface area contributed by atoms with E-state index in [-0.39, 0.29) is 30.1 Å². The van der Waals surface area contributed by atoms with Crippen LogP contribution in [0.15, 0.2) is 29.3 Å².